The third-order valence-electron chi connectivity index (χ3n) is 14.5. The van der Waals surface area contributed by atoms with Gasteiger partial charge in [-0.3, -0.25) is 14.4 Å². The molecule has 0 aliphatic heterocycles. The number of nitrogens with one attached hydrogen (secondary N) is 4. The maximum Gasteiger partial charge on any atom is 0.410 e. The van der Waals surface area contributed by atoms with Crippen molar-refractivity contribution in [2.24, 2.45) is 22.5 Å². The van der Waals surface area contributed by atoms with E-state index in [1.165, 1.54) is 16.8 Å². The molecule has 4 aliphatic carbocycles. The first kappa shape index (κ1) is 52.6. The molecule has 0 heterocycles. The van der Waals surface area contributed by atoms with E-state index in [0.29, 0.717) is 35.2 Å². The van der Waals surface area contributed by atoms with Crippen LogP contribution in [0.15, 0.2) is 95.6 Å². The molecule has 1 fully saturated rings. The van der Waals surface area contributed by atoms with Crippen LogP contribution in [0.3, 0.4) is 0 Å². The number of benzene rings is 3. The molecule has 1 spiro atoms. The third kappa shape index (κ3) is 11.0. The number of amides is 7. The van der Waals surface area contributed by atoms with E-state index in [4.69, 9.17) is 19.9 Å². The van der Waals surface area contributed by atoms with Crippen LogP contribution < -0.4 is 27.0 Å². The molecule has 5 atom stereocenters. The minimum atomic E-state index is -1.54. The van der Waals surface area contributed by atoms with Crippen molar-refractivity contribution in [3.05, 3.63) is 119 Å². The summed E-state index contributed by atoms with van der Waals surface area (Å²) in [6.07, 6.45) is 0.478. The molecule has 3 aromatic rings. The van der Waals surface area contributed by atoms with Crippen molar-refractivity contribution in [1.29, 1.82) is 0 Å². The average molecular weight is 989 g/mol. The van der Waals surface area contributed by atoms with Gasteiger partial charge in [0, 0.05) is 67.3 Å². The van der Waals surface area contributed by atoms with E-state index in [-0.39, 0.29) is 63.3 Å². The first-order valence-corrected chi connectivity index (χ1v) is 24.3. The molecule has 0 saturated heterocycles. The Hall–Kier alpha value is -7.21. The van der Waals surface area contributed by atoms with Gasteiger partial charge in [-0.25, -0.2) is 19.2 Å². The van der Waals surface area contributed by atoms with Crippen LogP contribution in [0.4, 0.5) is 24.9 Å². The van der Waals surface area contributed by atoms with Gasteiger partial charge in [0.05, 0.1) is 0 Å². The highest BCUT2D eigenvalue weighted by molar-refractivity contribution is 6.09. The van der Waals surface area contributed by atoms with Crippen LogP contribution in [0.25, 0.3) is 11.1 Å². The summed E-state index contributed by atoms with van der Waals surface area (Å²) >= 11 is 0. The van der Waals surface area contributed by atoms with E-state index < -0.39 is 70.7 Å². The SMILES string of the molecule is [CH2]C1(C)C=C2C(=O)[C@](C)(O)C3(CC3)C(C)=C2C1OC(=O)N(C)CCN(C)C(=O)OCc1ccc(NC(=O)[C@H](CCCNC(N)=O)NC(=O)[C@@H](NC(=O)OCC2c3ccccc3-c3ccccc32)C(C)C)cc1. The number of anilines is 1. The van der Waals surface area contributed by atoms with Gasteiger partial charge in [0.1, 0.15) is 37.0 Å². The average Bonchev–Trinajstić information content (AvgIpc) is 4.05. The topological polar surface area (TPSA) is 248 Å². The Bertz CT molecular complexity index is 2630. The van der Waals surface area contributed by atoms with Crippen molar-refractivity contribution in [1.82, 2.24) is 25.8 Å². The summed E-state index contributed by atoms with van der Waals surface area (Å²) in [6.45, 7) is 13.3. The molecule has 0 aromatic heterocycles. The first-order chi connectivity index (χ1) is 34.1. The van der Waals surface area contributed by atoms with E-state index in [9.17, 15) is 38.7 Å². The van der Waals surface area contributed by atoms with Crippen LogP contribution in [0.5, 0.6) is 0 Å². The largest absolute Gasteiger partial charge is 0.449 e. The lowest BCUT2D eigenvalue weighted by Gasteiger charge is -2.40. The highest BCUT2D eigenvalue weighted by Crippen LogP contribution is 2.65. The number of carbonyl (C=O) groups excluding carboxylic acids is 7. The van der Waals surface area contributed by atoms with E-state index in [1.54, 1.807) is 65.1 Å². The predicted octanol–water partition coefficient (Wildman–Crippen LogP) is 6.34. The lowest BCUT2D eigenvalue weighted by molar-refractivity contribution is -0.138. The Balaban J connectivity index is 0.883. The Kier molecular flexibility index (Phi) is 15.5. The lowest BCUT2D eigenvalue weighted by Crippen LogP contribution is -2.54. The minimum absolute atomic E-state index is 0.0521. The van der Waals surface area contributed by atoms with Gasteiger partial charge in [0.15, 0.2) is 5.78 Å². The van der Waals surface area contributed by atoms with Crippen LogP contribution >= 0.6 is 0 Å². The Labute approximate surface area is 420 Å². The number of hydrogen-bond donors (Lipinski definition) is 6. The normalized spacial score (nSPS) is 19.7. The molecule has 383 valence electrons. The summed E-state index contributed by atoms with van der Waals surface area (Å²) in [4.78, 5) is 94.5. The van der Waals surface area contributed by atoms with Gasteiger partial charge in [-0.1, -0.05) is 93.1 Å². The summed E-state index contributed by atoms with van der Waals surface area (Å²) in [5.74, 6) is -2.11. The summed E-state index contributed by atoms with van der Waals surface area (Å²) in [5, 5.41) is 22.0. The molecule has 7 rings (SSSR count). The summed E-state index contributed by atoms with van der Waals surface area (Å²) < 4.78 is 17.2. The molecule has 3 aromatic carbocycles. The first-order valence-electron chi connectivity index (χ1n) is 24.3. The highest BCUT2D eigenvalue weighted by atomic mass is 16.6. The fourth-order valence-electron chi connectivity index (χ4n) is 10.0. The highest BCUT2D eigenvalue weighted by Gasteiger charge is 2.67. The third-order valence-corrected chi connectivity index (χ3v) is 14.5. The second-order valence-corrected chi connectivity index (χ2v) is 20.1. The zero-order valence-electron chi connectivity index (χ0n) is 42.0. The number of ether oxygens (including phenoxy) is 3. The van der Waals surface area contributed by atoms with Gasteiger partial charge in [0.25, 0.3) is 0 Å². The van der Waals surface area contributed by atoms with E-state index in [1.807, 2.05) is 55.5 Å². The summed E-state index contributed by atoms with van der Waals surface area (Å²) in [6, 6.07) is 19.6. The maximum atomic E-state index is 13.8. The second kappa shape index (κ2) is 21.2. The maximum absolute atomic E-state index is 13.8. The van der Waals surface area contributed by atoms with Gasteiger partial charge < -0.3 is 56.1 Å². The number of alkyl carbamates (subject to hydrolysis) is 1. The van der Waals surface area contributed by atoms with Gasteiger partial charge in [-0.05, 0) is 92.3 Å². The standard InChI is InChI=1S/C54H66N7O11/c1-31(2)43(59-49(66)70-30-40-37-16-11-9-14-35(37)36-15-10-12-17-38(36)40)47(64)58-41(18-13-25-56-48(55)65)46(63)57-34-21-19-33(20-22-34)29-71-50(67)60(7)26-27-61(8)51(68)72-45-42-32(3)54(23-24-54)53(6,69)44(62)39(42)28-52(45,4)5/h9-12,14-17,19-22,28,31,40-41,43,45,69H,4,13,18,23-27,29-30H2,1-3,5-8H3,(H,57,63)(H,58,64)(H,59,66)(H3,55,56,65)/t41-,43-,45?,52?,53-/m0/s1. The van der Waals surface area contributed by atoms with Crippen molar-refractivity contribution in [3.63, 3.8) is 0 Å². The van der Waals surface area contributed by atoms with Crippen molar-refractivity contribution in [2.75, 3.05) is 45.7 Å². The molecule has 72 heavy (non-hydrogen) atoms. The van der Waals surface area contributed by atoms with Crippen LogP contribution in [0, 0.1) is 23.7 Å². The van der Waals surface area contributed by atoms with E-state index in [2.05, 4.69) is 28.2 Å². The predicted molar refractivity (Wildman–Crippen MR) is 268 cm³/mol. The number of rotatable bonds is 18. The van der Waals surface area contributed by atoms with Crippen LogP contribution in [0.2, 0.25) is 0 Å². The molecule has 18 heteroatoms. The zero-order valence-corrected chi connectivity index (χ0v) is 42.0. The smallest absolute Gasteiger partial charge is 0.410 e. The number of Topliss-reactive ketones (excluding diaryl/α,β-unsaturated/α-hetero) is 1. The Morgan fingerprint density at radius 2 is 1.44 bits per heavy atom. The molecule has 1 saturated carbocycles. The molecule has 7 N–H and O–H groups in total. The number of primary amides is 1. The number of aliphatic hydroxyl groups is 1. The zero-order chi connectivity index (χ0) is 52.3. The van der Waals surface area contributed by atoms with Crippen LogP contribution in [-0.2, 0) is 35.2 Å². The van der Waals surface area contributed by atoms with Gasteiger partial charge in [-0.15, -0.1) is 0 Å². The second-order valence-electron chi connectivity index (χ2n) is 20.1. The van der Waals surface area contributed by atoms with E-state index in [0.717, 1.165) is 27.8 Å². The molecule has 4 aliphatic rings. The van der Waals surface area contributed by atoms with Crippen molar-refractivity contribution in [2.45, 2.75) is 96.6 Å². The fourth-order valence-corrected chi connectivity index (χ4v) is 10.0. The van der Waals surface area contributed by atoms with Gasteiger partial charge in [0.2, 0.25) is 11.8 Å². The number of nitrogens with two attached hydrogens (primary N) is 1. The molecular weight excluding hydrogens is 923 g/mol. The number of nitrogens with zero attached hydrogens (tertiary/aromatic N) is 2. The molecule has 0 bridgehead atoms. The molecular formula is C54H66N7O11. The van der Waals surface area contributed by atoms with Crippen molar-refractivity contribution in [3.8, 4) is 11.1 Å². The summed E-state index contributed by atoms with van der Waals surface area (Å²) in [5.41, 5.74) is 9.10. The fraction of sp³-hybridized carbons (Fsp3) is 0.444. The number of fused-ring (bicyclic) bond motifs is 4. The van der Waals surface area contributed by atoms with Crippen molar-refractivity contribution < 1.29 is 52.9 Å². The quantitative estimate of drug-likeness (QED) is 0.0607. The Morgan fingerprint density at radius 1 is 0.847 bits per heavy atom. The number of urea groups is 1. The van der Waals surface area contributed by atoms with Crippen LogP contribution in [-0.4, -0.2) is 121 Å². The number of likely N-dealkylation sites (N-methyl/N-ethyl adjacent to an activating group) is 2. The minimum Gasteiger partial charge on any atom is -0.449 e. The number of ketones is 1. The van der Waals surface area contributed by atoms with Crippen molar-refractivity contribution >= 4 is 47.6 Å². The number of carbonyl (C=O) groups is 7. The molecule has 18 nitrogen and oxygen atoms in total. The van der Waals surface area contributed by atoms with Gasteiger partial charge >= 0.3 is 24.3 Å². The molecule has 2 unspecified atom stereocenters. The Morgan fingerprint density at radius 3 is 2.03 bits per heavy atom. The molecule has 1 radical (unpaired) electrons. The molecule has 7 amide bonds. The summed E-state index contributed by atoms with van der Waals surface area (Å²) in [7, 11) is 3.07. The monoisotopic (exact) mass is 988 g/mol. The lowest BCUT2D eigenvalue weighted by atomic mass is 9.67. The van der Waals surface area contributed by atoms with Crippen LogP contribution in [0.1, 0.15) is 82.9 Å². The van der Waals surface area contributed by atoms with Gasteiger partial charge in [-0.2, -0.15) is 0 Å². The van der Waals surface area contributed by atoms with E-state index >= 15 is 0 Å². The number of hydrogen-bond acceptors (Lipinski definition) is 11.